The van der Waals surface area contributed by atoms with Gasteiger partial charge in [0.05, 0.1) is 6.04 Å². The molecule has 2 atom stereocenters. The molecular weight excluding hydrogens is 366 g/mol. The van der Waals surface area contributed by atoms with Gasteiger partial charge in [-0.3, -0.25) is 4.79 Å². The van der Waals surface area contributed by atoms with Crippen LogP contribution in [0.3, 0.4) is 0 Å². The summed E-state index contributed by atoms with van der Waals surface area (Å²) in [6.45, 7) is 14.2. The summed E-state index contributed by atoms with van der Waals surface area (Å²) in [5, 5.41) is 17.7. The van der Waals surface area contributed by atoms with Crippen molar-refractivity contribution < 1.29 is 29.0 Å². The first-order chi connectivity index (χ1) is 12.7. The maximum absolute atomic E-state index is 12.0. The quantitative estimate of drug-likeness (QED) is 0.267. The molecule has 28 heavy (non-hydrogen) atoms. The van der Waals surface area contributed by atoms with Crippen molar-refractivity contribution in [2.45, 2.75) is 84.3 Å². The van der Waals surface area contributed by atoms with E-state index in [9.17, 15) is 19.5 Å². The molecule has 0 aromatic carbocycles. The van der Waals surface area contributed by atoms with Crippen molar-refractivity contribution in [3.8, 4) is 0 Å². The number of unbranched alkanes of at least 4 members (excludes halogenated alkanes) is 1. The number of ether oxygens (including phenoxy) is 2. The van der Waals surface area contributed by atoms with Crippen LogP contribution in [-0.2, 0) is 14.3 Å². The molecule has 162 valence electrons. The van der Waals surface area contributed by atoms with Gasteiger partial charge >= 0.3 is 12.2 Å². The van der Waals surface area contributed by atoms with Crippen LogP contribution in [0.1, 0.15) is 60.8 Å². The molecule has 3 amide bonds. The SMILES string of the molecule is C=CC(=O)NC(O)[C@H](CCCCNC(=O)OC(C)(C)C)NC(=O)OC(C)(C)C. The van der Waals surface area contributed by atoms with Crippen molar-refractivity contribution in [2.75, 3.05) is 6.54 Å². The fourth-order valence-corrected chi connectivity index (χ4v) is 2.07. The van der Waals surface area contributed by atoms with E-state index in [1.807, 2.05) is 0 Å². The van der Waals surface area contributed by atoms with Gasteiger partial charge in [-0.15, -0.1) is 0 Å². The Labute approximate surface area is 167 Å². The molecule has 1 unspecified atom stereocenters. The van der Waals surface area contributed by atoms with E-state index in [1.165, 1.54) is 0 Å². The van der Waals surface area contributed by atoms with Crippen molar-refractivity contribution in [3.05, 3.63) is 12.7 Å². The Kier molecular flexibility index (Phi) is 10.6. The van der Waals surface area contributed by atoms with Crippen LogP contribution < -0.4 is 16.0 Å². The number of aliphatic hydroxyl groups is 1. The first kappa shape index (κ1) is 25.7. The van der Waals surface area contributed by atoms with Crippen LogP contribution in [0, 0.1) is 0 Å². The van der Waals surface area contributed by atoms with Crippen LogP contribution in [0.5, 0.6) is 0 Å². The molecule has 9 heteroatoms. The summed E-state index contributed by atoms with van der Waals surface area (Å²) >= 11 is 0. The Bertz CT molecular complexity index is 537. The Hall–Kier alpha value is -2.29. The van der Waals surface area contributed by atoms with E-state index in [-0.39, 0.29) is 0 Å². The highest BCUT2D eigenvalue weighted by Crippen LogP contribution is 2.10. The number of carbonyl (C=O) groups is 3. The predicted molar refractivity (Wildman–Crippen MR) is 106 cm³/mol. The Morgan fingerprint density at radius 2 is 1.50 bits per heavy atom. The average molecular weight is 402 g/mol. The second-order valence-electron chi connectivity index (χ2n) is 8.33. The number of aliphatic hydroxyl groups excluding tert-OH is 1. The zero-order valence-electron chi connectivity index (χ0n) is 17.8. The van der Waals surface area contributed by atoms with Crippen LogP contribution in [0.2, 0.25) is 0 Å². The Morgan fingerprint density at radius 3 is 2.00 bits per heavy atom. The van der Waals surface area contributed by atoms with Crippen LogP contribution in [0.15, 0.2) is 12.7 Å². The predicted octanol–water partition coefficient (Wildman–Crippen LogP) is 2.20. The first-order valence-corrected chi connectivity index (χ1v) is 9.31. The first-order valence-electron chi connectivity index (χ1n) is 9.31. The monoisotopic (exact) mass is 401 g/mol. The van der Waals surface area contributed by atoms with Crippen molar-refractivity contribution >= 4 is 18.1 Å². The molecule has 0 fully saturated rings. The zero-order valence-corrected chi connectivity index (χ0v) is 17.8. The van der Waals surface area contributed by atoms with Gasteiger partial charge in [0.2, 0.25) is 5.91 Å². The van der Waals surface area contributed by atoms with Gasteiger partial charge in [-0.1, -0.05) is 6.58 Å². The second-order valence-corrected chi connectivity index (χ2v) is 8.33. The molecule has 0 bridgehead atoms. The molecule has 0 aliphatic rings. The summed E-state index contributed by atoms with van der Waals surface area (Å²) in [6, 6.07) is -0.764. The van der Waals surface area contributed by atoms with Crippen LogP contribution in [-0.4, -0.2) is 53.2 Å². The van der Waals surface area contributed by atoms with Gasteiger partial charge in [0.1, 0.15) is 17.4 Å². The lowest BCUT2D eigenvalue weighted by molar-refractivity contribution is -0.120. The highest BCUT2D eigenvalue weighted by Gasteiger charge is 2.25. The second kappa shape index (κ2) is 11.5. The number of amides is 3. The van der Waals surface area contributed by atoms with Gasteiger partial charge in [0.15, 0.2) is 0 Å². The number of alkyl carbamates (subject to hydrolysis) is 2. The van der Waals surface area contributed by atoms with Crippen molar-refractivity contribution in [1.29, 1.82) is 0 Å². The maximum atomic E-state index is 12.0. The molecule has 0 aromatic heterocycles. The highest BCUT2D eigenvalue weighted by molar-refractivity contribution is 5.87. The minimum Gasteiger partial charge on any atom is -0.444 e. The van der Waals surface area contributed by atoms with Gasteiger partial charge in [0.25, 0.3) is 0 Å². The number of carbonyl (C=O) groups excluding carboxylic acids is 3. The summed E-state index contributed by atoms with van der Waals surface area (Å²) < 4.78 is 10.3. The maximum Gasteiger partial charge on any atom is 0.408 e. The lowest BCUT2D eigenvalue weighted by Crippen LogP contribution is -2.52. The van der Waals surface area contributed by atoms with Gasteiger partial charge < -0.3 is 30.5 Å². The van der Waals surface area contributed by atoms with Crippen LogP contribution in [0.25, 0.3) is 0 Å². The van der Waals surface area contributed by atoms with Crippen molar-refractivity contribution in [3.63, 3.8) is 0 Å². The van der Waals surface area contributed by atoms with Gasteiger partial charge in [-0.05, 0) is 66.9 Å². The summed E-state index contributed by atoms with van der Waals surface area (Å²) in [5.41, 5.74) is -1.26. The molecule has 0 aliphatic heterocycles. The minimum absolute atomic E-state index is 0.355. The fraction of sp³-hybridized carbons (Fsp3) is 0.737. The fourth-order valence-electron chi connectivity index (χ4n) is 2.07. The number of hydrogen-bond donors (Lipinski definition) is 4. The van der Waals surface area contributed by atoms with E-state index in [2.05, 4.69) is 22.5 Å². The van der Waals surface area contributed by atoms with Crippen LogP contribution in [0.4, 0.5) is 9.59 Å². The van der Waals surface area contributed by atoms with E-state index in [1.54, 1.807) is 41.5 Å². The molecule has 4 N–H and O–H groups in total. The van der Waals surface area contributed by atoms with E-state index >= 15 is 0 Å². The van der Waals surface area contributed by atoms with Gasteiger partial charge in [-0.2, -0.15) is 0 Å². The smallest absolute Gasteiger partial charge is 0.408 e. The third-order valence-electron chi connectivity index (χ3n) is 3.17. The molecule has 0 saturated carbocycles. The van der Waals surface area contributed by atoms with E-state index in [0.717, 1.165) is 6.08 Å². The molecule has 0 rings (SSSR count). The summed E-state index contributed by atoms with van der Waals surface area (Å²) in [6.07, 6.45) is 0.0274. The molecule has 9 nitrogen and oxygen atoms in total. The largest absolute Gasteiger partial charge is 0.444 e. The third kappa shape index (κ3) is 13.9. The number of nitrogens with one attached hydrogen (secondary N) is 3. The Morgan fingerprint density at radius 1 is 0.964 bits per heavy atom. The summed E-state index contributed by atoms with van der Waals surface area (Å²) in [5.74, 6) is -0.560. The number of hydrogen-bond acceptors (Lipinski definition) is 6. The molecule has 0 heterocycles. The highest BCUT2D eigenvalue weighted by atomic mass is 16.6. The molecule has 0 aromatic rings. The minimum atomic E-state index is -1.31. The Balaban J connectivity index is 4.55. The molecule has 0 aliphatic carbocycles. The van der Waals surface area contributed by atoms with Crippen molar-refractivity contribution in [2.24, 2.45) is 0 Å². The lowest BCUT2D eigenvalue weighted by atomic mass is 10.1. The van der Waals surface area contributed by atoms with Gasteiger partial charge in [0, 0.05) is 6.54 Å². The van der Waals surface area contributed by atoms with Gasteiger partial charge in [-0.25, -0.2) is 9.59 Å². The van der Waals surface area contributed by atoms with E-state index < -0.39 is 41.6 Å². The van der Waals surface area contributed by atoms with Crippen molar-refractivity contribution in [1.82, 2.24) is 16.0 Å². The van der Waals surface area contributed by atoms with Crippen LogP contribution >= 0.6 is 0 Å². The molecular formula is C19H35N3O6. The summed E-state index contributed by atoms with van der Waals surface area (Å²) in [7, 11) is 0. The molecule has 0 radical (unpaired) electrons. The molecule has 0 saturated heterocycles. The average Bonchev–Trinajstić information content (AvgIpc) is 2.49. The standard InChI is InChI=1S/C19H35N3O6/c1-8-14(23)22-15(24)13(21-17(26)28-19(5,6)7)11-9-10-12-20-16(25)27-18(2,3)4/h8,13,15,24H,1,9-12H2,2-7H3,(H,20,25)(H,21,26)(H,22,23)/t13-,15?/m0/s1. The number of rotatable bonds is 9. The zero-order chi connectivity index (χ0) is 22.0. The summed E-state index contributed by atoms with van der Waals surface area (Å²) in [4.78, 5) is 35.0. The van der Waals surface area contributed by atoms with E-state index in [4.69, 9.17) is 9.47 Å². The van der Waals surface area contributed by atoms with E-state index in [0.29, 0.717) is 25.8 Å². The third-order valence-corrected chi connectivity index (χ3v) is 3.17. The normalized spacial score (nSPS) is 13.7. The molecule has 0 spiro atoms. The lowest BCUT2D eigenvalue weighted by Gasteiger charge is -2.27. The topological polar surface area (TPSA) is 126 Å².